The molecule has 4 aliphatic rings. The zero-order valence-electron chi connectivity index (χ0n) is 20.8. The molecule has 0 aromatic rings. The number of hydrogen-bond acceptors (Lipinski definition) is 4. The standard InChI is InChI=1S/C28H46O4/c1-4-8-25(29)31-19-32-26(30)11-7-10-21-13-15-23-22-14-12-20-9-5-6-17-27(20,2)24(22)16-18-28(21,23)3/h20-24H,4-19H2,1-3H3. The molecule has 7 atom stereocenters. The van der Waals surface area contributed by atoms with Crippen molar-refractivity contribution in [2.75, 3.05) is 6.79 Å². The van der Waals surface area contributed by atoms with Gasteiger partial charge in [0.15, 0.2) is 0 Å². The Morgan fingerprint density at radius 2 is 1.56 bits per heavy atom. The van der Waals surface area contributed by atoms with Crippen molar-refractivity contribution >= 4 is 11.9 Å². The number of carbonyl (C=O) groups excluding carboxylic acids is 2. The Hall–Kier alpha value is -1.06. The number of ether oxygens (including phenoxy) is 2. The zero-order valence-corrected chi connectivity index (χ0v) is 20.8. The first kappa shape index (κ1) is 24.1. The number of hydrogen-bond donors (Lipinski definition) is 0. The zero-order chi connectivity index (χ0) is 22.8. The molecule has 0 amide bonds. The molecule has 0 heterocycles. The predicted octanol–water partition coefficient (Wildman–Crippen LogP) is 7.05. The van der Waals surface area contributed by atoms with E-state index in [0.29, 0.717) is 23.7 Å². The second-order valence-corrected chi connectivity index (χ2v) is 12.0. The average molecular weight is 447 g/mol. The van der Waals surface area contributed by atoms with Gasteiger partial charge in [-0.05, 0) is 111 Å². The minimum Gasteiger partial charge on any atom is -0.428 e. The van der Waals surface area contributed by atoms with Crippen LogP contribution in [-0.2, 0) is 19.1 Å². The first-order valence-electron chi connectivity index (χ1n) is 13.7. The van der Waals surface area contributed by atoms with Crippen LogP contribution in [-0.4, -0.2) is 18.7 Å². The van der Waals surface area contributed by atoms with Crippen LogP contribution in [0.4, 0.5) is 0 Å². The molecule has 4 fully saturated rings. The normalized spacial score (nSPS) is 40.7. The van der Waals surface area contributed by atoms with E-state index in [9.17, 15) is 9.59 Å². The van der Waals surface area contributed by atoms with Gasteiger partial charge in [0.05, 0.1) is 0 Å². The summed E-state index contributed by atoms with van der Waals surface area (Å²) in [6.45, 7) is 6.94. The third-order valence-electron chi connectivity index (χ3n) is 10.6. The minimum absolute atomic E-state index is 0.232. The number of rotatable bonds is 8. The van der Waals surface area contributed by atoms with Crippen LogP contribution in [0.2, 0.25) is 0 Å². The second-order valence-electron chi connectivity index (χ2n) is 12.0. The first-order chi connectivity index (χ1) is 15.4. The fraction of sp³-hybridized carbons (Fsp3) is 0.929. The topological polar surface area (TPSA) is 52.6 Å². The summed E-state index contributed by atoms with van der Waals surface area (Å²) in [5, 5.41) is 0. The van der Waals surface area contributed by atoms with Crippen molar-refractivity contribution in [1.82, 2.24) is 0 Å². The fourth-order valence-electron chi connectivity index (χ4n) is 8.88. The van der Waals surface area contributed by atoms with Gasteiger partial charge in [-0.2, -0.15) is 0 Å². The molecule has 32 heavy (non-hydrogen) atoms. The summed E-state index contributed by atoms with van der Waals surface area (Å²) in [5.41, 5.74) is 1.09. The smallest absolute Gasteiger partial charge is 0.308 e. The monoisotopic (exact) mass is 446 g/mol. The van der Waals surface area contributed by atoms with Crippen molar-refractivity contribution in [3.05, 3.63) is 0 Å². The fourth-order valence-corrected chi connectivity index (χ4v) is 8.88. The van der Waals surface area contributed by atoms with Crippen molar-refractivity contribution in [1.29, 1.82) is 0 Å². The Morgan fingerprint density at radius 1 is 0.812 bits per heavy atom. The van der Waals surface area contributed by atoms with Crippen molar-refractivity contribution in [3.63, 3.8) is 0 Å². The minimum atomic E-state index is -0.294. The Balaban J connectivity index is 1.26. The van der Waals surface area contributed by atoms with E-state index in [1.807, 2.05) is 6.92 Å². The molecule has 4 rings (SSSR count). The van der Waals surface area contributed by atoms with Crippen molar-refractivity contribution < 1.29 is 19.1 Å². The van der Waals surface area contributed by atoms with Crippen LogP contribution in [0.25, 0.3) is 0 Å². The summed E-state index contributed by atoms with van der Waals surface area (Å²) < 4.78 is 10.0. The lowest BCUT2D eigenvalue weighted by atomic mass is 9.45. The van der Waals surface area contributed by atoms with Crippen LogP contribution in [0.1, 0.15) is 117 Å². The third-order valence-corrected chi connectivity index (χ3v) is 10.6. The highest BCUT2D eigenvalue weighted by atomic mass is 16.7. The molecule has 4 aliphatic carbocycles. The maximum Gasteiger partial charge on any atom is 0.308 e. The number of esters is 2. The second kappa shape index (κ2) is 10.1. The van der Waals surface area contributed by atoms with Gasteiger partial charge in [-0.3, -0.25) is 9.59 Å². The maximum atomic E-state index is 12.1. The molecule has 0 aromatic heterocycles. The molecule has 0 aliphatic heterocycles. The third kappa shape index (κ3) is 4.62. The summed E-state index contributed by atoms with van der Waals surface area (Å²) in [4.78, 5) is 23.4. The lowest BCUT2D eigenvalue weighted by Crippen LogP contribution is -2.52. The van der Waals surface area contributed by atoms with Gasteiger partial charge in [0.1, 0.15) is 0 Å². The van der Waals surface area contributed by atoms with Crippen LogP contribution >= 0.6 is 0 Å². The lowest BCUT2D eigenvalue weighted by molar-refractivity contribution is -0.167. The van der Waals surface area contributed by atoms with Crippen LogP contribution in [0.5, 0.6) is 0 Å². The maximum absolute atomic E-state index is 12.1. The van der Waals surface area contributed by atoms with Gasteiger partial charge in [-0.15, -0.1) is 0 Å². The molecular formula is C28H46O4. The van der Waals surface area contributed by atoms with E-state index in [1.54, 1.807) is 0 Å². The van der Waals surface area contributed by atoms with Crippen molar-refractivity contribution in [2.24, 2.45) is 40.4 Å². The number of fused-ring (bicyclic) bond motifs is 5. The van der Waals surface area contributed by atoms with Gasteiger partial charge >= 0.3 is 11.9 Å². The largest absolute Gasteiger partial charge is 0.428 e. The SMILES string of the molecule is CCCC(=O)OCOC(=O)CCCC1CCC2C3CCC4CCCCC4(C)C3CCC12C. The van der Waals surface area contributed by atoms with E-state index in [0.717, 1.165) is 48.9 Å². The van der Waals surface area contributed by atoms with Gasteiger partial charge in [0.2, 0.25) is 6.79 Å². The molecule has 0 bridgehead atoms. The van der Waals surface area contributed by atoms with Crippen LogP contribution < -0.4 is 0 Å². The number of carbonyl (C=O) groups is 2. The molecular weight excluding hydrogens is 400 g/mol. The van der Waals surface area contributed by atoms with E-state index in [4.69, 9.17) is 9.47 Å². The van der Waals surface area contributed by atoms with Crippen LogP contribution in [0.15, 0.2) is 0 Å². The van der Waals surface area contributed by atoms with Gasteiger partial charge in [-0.1, -0.05) is 33.6 Å². The molecule has 4 heteroatoms. The van der Waals surface area contributed by atoms with E-state index >= 15 is 0 Å². The molecule has 0 radical (unpaired) electrons. The molecule has 0 aromatic carbocycles. The van der Waals surface area contributed by atoms with Gasteiger partial charge in [-0.25, -0.2) is 0 Å². The van der Waals surface area contributed by atoms with Gasteiger partial charge < -0.3 is 9.47 Å². The summed E-state index contributed by atoms with van der Waals surface area (Å²) in [6, 6.07) is 0. The summed E-state index contributed by atoms with van der Waals surface area (Å²) in [7, 11) is 0. The molecule has 0 spiro atoms. The Labute approximate surface area is 195 Å². The summed E-state index contributed by atoms with van der Waals surface area (Å²) >= 11 is 0. The Bertz CT molecular complexity index is 674. The molecule has 0 saturated heterocycles. The van der Waals surface area contributed by atoms with Gasteiger partial charge in [0, 0.05) is 12.8 Å². The van der Waals surface area contributed by atoms with E-state index in [1.165, 1.54) is 64.2 Å². The average Bonchev–Trinajstić information content (AvgIpc) is 3.10. The van der Waals surface area contributed by atoms with Crippen molar-refractivity contribution in [3.8, 4) is 0 Å². The molecule has 182 valence electrons. The lowest BCUT2D eigenvalue weighted by Gasteiger charge is -2.60. The summed E-state index contributed by atoms with van der Waals surface area (Å²) in [5.74, 6) is 4.02. The van der Waals surface area contributed by atoms with E-state index in [-0.39, 0.29) is 18.7 Å². The Kier molecular flexibility index (Phi) is 7.56. The molecule has 4 saturated carbocycles. The highest BCUT2D eigenvalue weighted by Crippen LogP contribution is 2.67. The predicted molar refractivity (Wildman–Crippen MR) is 126 cm³/mol. The van der Waals surface area contributed by atoms with Crippen LogP contribution in [0.3, 0.4) is 0 Å². The molecule has 4 nitrogen and oxygen atoms in total. The van der Waals surface area contributed by atoms with Gasteiger partial charge in [0.25, 0.3) is 0 Å². The van der Waals surface area contributed by atoms with Crippen molar-refractivity contribution in [2.45, 2.75) is 117 Å². The summed E-state index contributed by atoms with van der Waals surface area (Å²) in [6.07, 6.45) is 18.0. The first-order valence-corrected chi connectivity index (χ1v) is 13.7. The molecule has 0 N–H and O–H groups in total. The van der Waals surface area contributed by atoms with E-state index < -0.39 is 0 Å². The van der Waals surface area contributed by atoms with Crippen LogP contribution in [0, 0.1) is 40.4 Å². The highest BCUT2D eigenvalue weighted by molar-refractivity contribution is 5.70. The van der Waals surface area contributed by atoms with E-state index in [2.05, 4.69) is 13.8 Å². The quantitative estimate of drug-likeness (QED) is 0.296. The molecule has 7 unspecified atom stereocenters. The highest BCUT2D eigenvalue weighted by Gasteiger charge is 2.59. The Morgan fingerprint density at radius 3 is 2.34 bits per heavy atom.